The summed E-state index contributed by atoms with van der Waals surface area (Å²) < 4.78 is 6.72. The Morgan fingerprint density at radius 3 is 2.81 bits per heavy atom. The monoisotopic (exact) mass is 288 g/mol. The van der Waals surface area contributed by atoms with Crippen molar-refractivity contribution >= 4 is 6.03 Å². The highest BCUT2D eigenvalue weighted by Crippen LogP contribution is 2.03. The minimum Gasteiger partial charge on any atom is -0.383 e. The van der Waals surface area contributed by atoms with E-state index in [2.05, 4.69) is 27.9 Å². The number of aromatic nitrogens is 2. The van der Waals surface area contributed by atoms with E-state index in [-0.39, 0.29) is 6.03 Å². The third kappa shape index (κ3) is 5.27. The number of hydrogen-bond acceptors (Lipinski definition) is 3. The second kappa shape index (κ2) is 8.06. The van der Waals surface area contributed by atoms with Gasteiger partial charge in [0.2, 0.25) is 0 Å². The number of amides is 2. The van der Waals surface area contributed by atoms with E-state index in [4.69, 9.17) is 4.74 Å². The van der Waals surface area contributed by atoms with Gasteiger partial charge in [-0.05, 0) is 5.56 Å². The van der Waals surface area contributed by atoms with Gasteiger partial charge in [0.1, 0.15) is 0 Å². The third-order valence-electron chi connectivity index (χ3n) is 2.92. The van der Waals surface area contributed by atoms with Crippen molar-refractivity contribution in [1.82, 2.24) is 20.4 Å². The zero-order valence-corrected chi connectivity index (χ0v) is 12.1. The second-order valence-corrected chi connectivity index (χ2v) is 4.63. The number of nitrogens with zero attached hydrogens (tertiary/aromatic N) is 2. The number of ether oxygens (including phenoxy) is 1. The first-order chi connectivity index (χ1) is 10.3. The Labute approximate surface area is 124 Å². The maximum Gasteiger partial charge on any atom is 0.315 e. The number of rotatable bonds is 7. The Balaban J connectivity index is 1.77. The van der Waals surface area contributed by atoms with Crippen molar-refractivity contribution in [3.8, 4) is 0 Å². The van der Waals surface area contributed by atoms with E-state index in [0.29, 0.717) is 19.7 Å². The topological polar surface area (TPSA) is 68.2 Å². The molecule has 0 aliphatic rings. The molecule has 1 aromatic carbocycles. The van der Waals surface area contributed by atoms with Crippen molar-refractivity contribution in [1.29, 1.82) is 0 Å². The highest BCUT2D eigenvalue weighted by atomic mass is 16.5. The molecule has 1 heterocycles. The fraction of sp³-hybridized carbons (Fsp3) is 0.333. The van der Waals surface area contributed by atoms with Crippen molar-refractivity contribution in [2.45, 2.75) is 13.1 Å². The molecule has 0 aliphatic heterocycles. The number of carbonyl (C=O) groups excluding carboxylic acids is 1. The van der Waals surface area contributed by atoms with Gasteiger partial charge in [0, 0.05) is 32.0 Å². The summed E-state index contributed by atoms with van der Waals surface area (Å²) in [5, 5.41) is 9.76. The molecule has 6 nitrogen and oxygen atoms in total. The first-order valence-electron chi connectivity index (χ1n) is 6.84. The molecule has 2 aromatic rings. The van der Waals surface area contributed by atoms with Crippen LogP contribution >= 0.6 is 0 Å². The number of carbonyl (C=O) groups is 1. The summed E-state index contributed by atoms with van der Waals surface area (Å²) in [4.78, 5) is 11.5. The molecular weight excluding hydrogens is 268 g/mol. The fourth-order valence-electron chi connectivity index (χ4n) is 1.87. The molecule has 0 fully saturated rings. The van der Waals surface area contributed by atoms with Gasteiger partial charge >= 0.3 is 6.03 Å². The van der Waals surface area contributed by atoms with E-state index in [0.717, 1.165) is 12.1 Å². The molecule has 2 N–H and O–H groups in total. The maximum absolute atomic E-state index is 11.5. The Morgan fingerprint density at radius 2 is 2.05 bits per heavy atom. The van der Waals surface area contributed by atoms with Crippen LogP contribution in [0.5, 0.6) is 0 Å². The molecule has 2 amide bonds. The van der Waals surface area contributed by atoms with Crippen LogP contribution in [0.4, 0.5) is 4.79 Å². The summed E-state index contributed by atoms with van der Waals surface area (Å²) in [6, 6.07) is 9.91. The molecule has 0 saturated heterocycles. The highest BCUT2D eigenvalue weighted by molar-refractivity contribution is 5.73. The van der Waals surface area contributed by atoms with Gasteiger partial charge in [0.25, 0.3) is 0 Å². The summed E-state index contributed by atoms with van der Waals surface area (Å²) >= 11 is 0. The Hall–Kier alpha value is -2.34. The number of nitrogens with one attached hydrogen (secondary N) is 2. The predicted molar refractivity (Wildman–Crippen MR) is 79.9 cm³/mol. The molecule has 0 atom stereocenters. The quantitative estimate of drug-likeness (QED) is 0.756. The van der Waals surface area contributed by atoms with Gasteiger partial charge < -0.3 is 15.4 Å². The third-order valence-corrected chi connectivity index (χ3v) is 2.92. The van der Waals surface area contributed by atoms with Crippen molar-refractivity contribution in [2.24, 2.45) is 0 Å². The molecule has 0 unspecified atom stereocenters. The average molecular weight is 288 g/mol. The lowest BCUT2D eigenvalue weighted by Crippen LogP contribution is -2.36. The molecule has 2 rings (SSSR count). The molecule has 0 bridgehead atoms. The van der Waals surface area contributed by atoms with Crippen molar-refractivity contribution < 1.29 is 9.53 Å². The minimum atomic E-state index is -0.206. The molecule has 0 spiro atoms. The average Bonchev–Trinajstić information content (AvgIpc) is 2.94. The van der Waals surface area contributed by atoms with Crippen LogP contribution in [0.25, 0.3) is 0 Å². The van der Waals surface area contributed by atoms with Crippen LogP contribution in [0.3, 0.4) is 0 Å². The maximum atomic E-state index is 11.5. The van der Waals surface area contributed by atoms with E-state index in [9.17, 15) is 4.79 Å². The molecular formula is C15H20N4O2. The van der Waals surface area contributed by atoms with E-state index >= 15 is 0 Å². The molecule has 0 radical (unpaired) electrons. The predicted octanol–water partition coefficient (Wildman–Crippen LogP) is 1.38. The molecule has 0 aliphatic carbocycles. The summed E-state index contributed by atoms with van der Waals surface area (Å²) in [5.74, 6) is 0. The molecule has 21 heavy (non-hydrogen) atoms. The van der Waals surface area contributed by atoms with Crippen molar-refractivity contribution in [3.63, 3.8) is 0 Å². The number of methoxy groups -OCH3 is 1. The van der Waals surface area contributed by atoms with Crippen molar-refractivity contribution in [2.75, 3.05) is 20.3 Å². The van der Waals surface area contributed by atoms with Gasteiger partial charge in [0.15, 0.2) is 0 Å². The van der Waals surface area contributed by atoms with Crippen LogP contribution in [-0.4, -0.2) is 36.1 Å². The zero-order valence-electron chi connectivity index (χ0n) is 12.1. The smallest absolute Gasteiger partial charge is 0.315 e. The van der Waals surface area contributed by atoms with Gasteiger partial charge in [-0.1, -0.05) is 30.3 Å². The van der Waals surface area contributed by atoms with Crippen LogP contribution < -0.4 is 10.6 Å². The first-order valence-corrected chi connectivity index (χ1v) is 6.84. The highest BCUT2D eigenvalue weighted by Gasteiger charge is 2.02. The van der Waals surface area contributed by atoms with E-state index in [1.165, 1.54) is 5.56 Å². The largest absolute Gasteiger partial charge is 0.383 e. The molecule has 6 heteroatoms. The number of benzene rings is 1. The Morgan fingerprint density at radius 1 is 1.24 bits per heavy atom. The van der Waals surface area contributed by atoms with Gasteiger partial charge in [-0.3, -0.25) is 4.68 Å². The van der Waals surface area contributed by atoms with Crippen molar-refractivity contribution in [3.05, 3.63) is 53.9 Å². The minimum absolute atomic E-state index is 0.206. The summed E-state index contributed by atoms with van der Waals surface area (Å²) in [6.07, 6.45) is 3.70. The van der Waals surface area contributed by atoms with E-state index < -0.39 is 0 Å². The number of urea groups is 1. The van der Waals surface area contributed by atoms with E-state index in [1.807, 2.05) is 29.1 Å². The summed E-state index contributed by atoms with van der Waals surface area (Å²) in [6.45, 7) is 2.17. The van der Waals surface area contributed by atoms with Crippen LogP contribution in [0.2, 0.25) is 0 Å². The number of hydrogen-bond donors (Lipinski definition) is 2. The van der Waals surface area contributed by atoms with E-state index in [1.54, 1.807) is 13.3 Å². The van der Waals surface area contributed by atoms with Gasteiger partial charge in [-0.2, -0.15) is 5.10 Å². The first kappa shape index (κ1) is 15.1. The lowest BCUT2D eigenvalue weighted by atomic mass is 10.2. The van der Waals surface area contributed by atoms with Crippen LogP contribution in [0.1, 0.15) is 11.1 Å². The van der Waals surface area contributed by atoms with Gasteiger partial charge in [-0.15, -0.1) is 0 Å². The van der Waals surface area contributed by atoms with Gasteiger partial charge in [-0.25, -0.2) is 4.79 Å². The lowest BCUT2D eigenvalue weighted by molar-refractivity contribution is 0.196. The lowest BCUT2D eigenvalue weighted by Gasteiger charge is -2.05. The van der Waals surface area contributed by atoms with Crippen LogP contribution in [0, 0.1) is 0 Å². The van der Waals surface area contributed by atoms with Gasteiger partial charge in [0.05, 0.1) is 19.3 Å². The normalized spacial score (nSPS) is 10.3. The molecule has 0 saturated carbocycles. The SMILES string of the molecule is COCCNC(=O)NCc1cnn(Cc2ccccc2)c1. The summed E-state index contributed by atoms with van der Waals surface area (Å²) in [7, 11) is 1.60. The van der Waals surface area contributed by atoms with Crippen LogP contribution in [-0.2, 0) is 17.8 Å². The molecule has 112 valence electrons. The second-order valence-electron chi connectivity index (χ2n) is 4.63. The summed E-state index contributed by atoms with van der Waals surface area (Å²) in [5.41, 5.74) is 2.16. The fourth-order valence-corrected chi connectivity index (χ4v) is 1.87. The molecule has 1 aromatic heterocycles. The van der Waals surface area contributed by atoms with Crippen LogP contribution in [0.15, 0.2) is 42.7 Å². The zero-order chi connectivity index (χ0) is 14.9. The Bertz CT molecular complexity index is 554. The standard InChI is InChI=1S/C15H20N4O2/c1-21-8-7-16-15(20)17-9-14-10-18-19(12-14)11-13-5-3-2-4-6-13/h2-6,10,12H,7-9,11H2,1H3,(H2,16,17,20). The Kier molecular flexibility index (Phi) is 5.78.